The third-order valence-corrected chi connectivity index (χ3v) is 3.12. The van der Waals surface area contributed by atoms with Gasteiger partial charge in [0.2, 0.25) is 0 Å². The van der Waals surface area contributed by atoms with E-state index in [2.05, 4.69) is 24.5 Å². The molecule has 0 atom stereocenters. The van der Waals surface area contributed by atoms with Crippen molar-refractivity contribution >= 4 is 10.1 Å². The van der Waals surface area contributed by atoms with Gasteiger partial charge in [0.25, 0.3) is 10.1 Å². The molecule has 4 nitrogen and oxygen atoms in total. The molecule has 0 radical (unpaired) electrons. The zero-order chi connectivity index (χ0) is 13.3. The van der Waals surface area contributed by atoms with Gasteiger partial charge in [-0.05, 0) is 32.9 Å². The van der Waals surface area contributed by atoms with Gasteiger partial charge >= 0.3 is 0 Å². The molecule has 0 aliphatic heterocycles. The quantitative estimate of drug-likeness (QED) is 0.510. The van der Waals surface area contributed by atoms with Crippen molar-refractivity contribution in [2.75, 3.05) is 25.9 Å². The second-order valence-corrected chi connectivity index (χ2v) is 5.71. The zero-order valence-electron chi connectivity index (χ0n) is 10.7. The average molecular weight is 261 g/mol. The molecule has 0 heterocycles. The second-order valence-electron chi connectivity index (χ2n) is 4.14. The molecule has 0 aliphatic carbocycles. The van der Waals surface area contributed by atoms with Gasteiger partial charge in [-0.15, -0.1) is 6.58 Å². The van der Waals surface area contributed by atoms with Crippen LogP contribution < -0.4 is 0 Å². The molecular formula is C12H23NO3S. The van der Waals surface area contributed by atoms with Crippen molar-refractivity contribution in [3.63, 3.8) is 0 Å². The van der Waals surface area contributed by atoms with Crippen LogP contribution in [0.3, 0.4) is 0 Å². The maximum Gasteiger partial charge on any atom is 0.264 e. The highest BCUT2D eigenvalue weighted by molar-refractivity contribution is 7.85. The summed E-state index contributed by atoms with van der Waals surface area (Å²) >= 11 is 0. The van der Waals surface area contributed by atoms with Crippen LogP contribution in [-0.2, 0) is 10.1 Å². The standard InChI is InChI=1S/C12H23NO3S/c1-4-7-12(8-5-2)11-13(3)9-6-10-17(14,15)16/h4,8H,1,5-7,9-11H2,2-3H3,(H,14,15,16). The van der Waals surface area contributed by atoms with Crippen LogP contribution >= 0.6 is 0 Å². The number of hydrogen-bond acceptors (Lipinski definition) is 3. The van der Waals surface area contributed by atoms with E-state index in [-0.39, 0.29) is 5.75 Å². The summed E-state index contributed by atoms with van der Waals surface area (Å²) in [6, 6.07) is 0. The Labute approximate surface area is 105 Å². The lowest BCUT2D eigenvalue weighted by molar-refractivity contribution is 0.358. The number of nitrogens with zero attached hydrogens (tertiary/aromatic N) is 1. The number of allylic oxidation sites excluding steroid dienone is 2. The first kappa shape index (κ1) is 16.4. The van der Waals surface area contributed by atoms with Crippen LogP contribution in [0.25, 0.3) is 0 Å². The van der Waals surface area contributed by atoms with E-state index in [1.54, 1.807) is 0 Å². The minimum absolute atomic E-state index is 0.175. The van der Waals surface area contributed by atoms with Gasteiger partial charge in [-0.25, -0.2) is 0 Å². The fourth-order valence-corrected chi connectivity index (χ4v) is 2.12. The predicted octanol–water partition coefficient (Wildman–Crippen LogP) is 2.11. The fourth-order valence-electron chi connectivity index (χ4n) is 1.63. The molecule has 0 aliphatic rings. The summed E-state index contributed by atoms with van der Waals surface area (Å²) < 4.78 is 29.7. The Morgan fingerprint density at radius 2 is 2.12 bits per heavy atom. The van der Waals surface area contributed by atoms with Crippen LogP contribution in [0.15, 0.2) is 24.3 Å². The van der Waals surface area contributed by atoms with Crippen LogP contribution in [0.2, 0.25) is 0 Å². The molecule has 100 valence electrons. The van der Waals surface area contributed by atoms with E-state index in [1.165, 1.54) is 5.57 Å². The van der Waals surface area contributed by atoms with Gasteiger partial charge in [0.15, 0.2) is 0 Å². The predicted molar refractivity (Wildman–Crippen MR) is 71.7 cm³/mol. The number of likely N-dealkylation sites (N-methyl/N-ethyl adjacent to an activating group) is 1. The maximum atomic E-state index is 10.6. The second kappa shape index (κ2) is 8.44. The van der Waals surface area contributed by atoms with Gasteiger partial charge in [-0.1, -0.05) is 24.6 Å². The summed E-state index contributed by atoms with van der Waals surface area (Å²) in [5.74, 6) is -0.175. The molecular weight excluding hydrogens is 238 g/mol. The molecule has 0 aromatic carbocycles. The van der Waals surface area contributed by atoms with Crippen molar-refractivity contribution in [1.82, 2.24) is 4.90 Å². The lowest BCUT2D eigenvalue weighted by Crippen LogP contribution is -2.24. The van der Waals surface area contributed by atoms with Crippen molar-refractivity contribution in [2.24, 2.45) is 0 Å². The van der Waals surface area contributed by atoms with Crippen LogP contribution in [0, 0.1) is 0 Å². The minimum Gasteiger partial charge on any atom is -0.302 e. The molecule has 0 aromatic heterocycles. The number of rotatable bonds is 9. The van der Waals surface area contributed by atoms with Gasteiger partial charge < -0.3 is 4.90 Å². The Bertz CT molecular complexity index is 347. The molecule has 17 heavy (non-hydrogen) atoms. The Kier molecular flexibility index (Phi) is 8.12. The third-order valence-electron chi connectivity index (χ3n) is 2.31. The number of hydrogen-bond donors (Lipinski definition) is 1. The first-order valence-corrected chi connectivity index (χ1v) is 7.42. The largest absolute Gasteiger partial charge is 0.302 e. The molecule has 0 fully saturated rings. The van der Waals surface area contributed by atoms with Crippen LogP contribution in [0.4, 0.5) is 0 Å². The lowest BCUT2D eigenvalue weighted by Gasteiger charge is -2.17. The molecule has 0 saturated heterocycles. The lowest BCUT2D eigenvalue weighted by atomic mass is 10.1. The van der Waals surface area contributed by atoms with E-state index in [9.17, 15) is 8.42 Å². The SMILES string of the molecule is C=CCC(=CCC)CN(C)CCCS(=O)(=O)O. The third kappa shape index (κ3) is 10.2. The Hall–Kier alpha value is -0.650. The minimum atomic E-state index is -3.83. The van der Waals surface area contributed by atoms with E-state index < -0.39 is 10.1 Å². The smallest absolute Gasteiger partial charge is 0.264 e. The van der Waals surface area contributed by atoms with Gasteiger partial charge in [0.1, 0.15) is 0 Å². The first-order chi connectivity index (χ1) is 7.89. The molecule has 0 bridgehead atoms. The molecule has 1 N–H and O–H groups in total. The molecule has 5 heteroatoms. The van der Waals surface area contributed by atoms with E-state index in [1.807, 2.05) is 13.1 Å². The van der Waals surface area contributed by atoms with Crippen LogP contribution in [0.5, 0.6) is 0 Å². The van der Waals surface area contributed by atoms with E-state index in [0.29, 0.717) is 13.0 Å². The summed E-state index contributed by atoms with van der Waals surface area (Å²) in [6.45, 7) is 7.26. The fraction of sp³-hybridized carbons (Fsp3) is 0.667. The average Bonchev–Trinajstić information content (AvgIpc) is 2.16. The van der Waals surface area contributed by atoms with Gasteiger partial charge in [-0.3, -0.25) is 4.55 Å². The van der Waals surface area contributed by atoms with Crippen LogP contribution in [-0.4, -0.2) is 43.8 Å². The van der Waals surface area contributed by atoms with Gasteiger partial charge in [0, 0.05) is 6.54 Å². The Morgan fingerprint density at radius 3 is 2.59 bits per heavy atom. The Balaban J connectivity index is 4.02. The summed E-state index contributed by atoms with van der Waals surface area (Å²) in [4.78, 5) is 2.05. The molecule has 0 spiro atoms. The molecule has 0 rings (SSSR count). The van der Waals surface area contributed by atoms with Gasteiger partial charge in [-0.2, -0.15) is 8.42 Å². The molecule has 0 amide bonds. The monoisotopic (exact) mass is 261 g/mol. The van der Waals surface area contributed by atoms with E-state index >= 15 is 0 Å². The summed E-state index contributed by atoms with van der Waals surface area (Å²) in [6.07, 6.45) is 6.33. The van der Waals surface area contributed by atoms with E-state index in [4.69, 9.17) is 4.55 Å². The van der Waals surface area contributed by atoms with Crippen LogP contribution in [0.1, 0.15) is 26.2 Å². The highest BCUT2D eigenvalue weighted by atomic mass is 32.2. The molecule has 0 aromatic rings. The normalized spacial score (nSPS) is 13.1. The van der Waals surface area contributed by atoms with Crippen molar-refractivity contribution in [2.45, 2.75) is 26.2 Å². The summed E-state index contributed by atoms with van der Waals surface area (Å²) in [5.41, 5.74) is 1.29. The summed E-state index contributed by atoms with van der Waals surface area (Å²) in [7, 11) is -1.89. The Morgan fingerprint density at radius 1 is 1.47 bits per heavy atom. The van der Waals surface area contributed by atoms with E-state index in [0.717, 1.165) is 19.4 Å². The van der Waals surface area contributed by atoms with Crippen molar-refractivity contribution < 1.29 is 13.0 Å². The first-order valence-electron chi connectivity index (χ1n) is 5.81. The van der Waals surface area contributed by atoms with Crippen molar-refractivity contribution in [3.8, 4) is 0 Å². The maximum absolute atomic E-state index is 10.6. The molecule has 0 saturated carbocycles. The zero-order valence-corrected chi connectivity index (χ0v) is 11.5. The highest BCUT2D eigenvalue weighted by Crippen LogP contribution is 2.06. The molecule has 0 unspecified atom stereocenters. The summed E-state index contributed by atoms with van der Waals surface area (Å²) in [5, 5.41) is 0. The van der Waals surface area contributed by atoms with Gasteiger partial charge in [0.05, 0.1) is 5.75 Å². The van der Waals surface area contributed by atoms with Crippen molar-refractivity contribution in [1.29, 1.82) is 0 Å². The highest BCUT2D eigenvalue weighted by Gasteiger charge is 2.06. The topological polar surface area (TPSA) is 57.6 Å². The van der Waals surface area contributed by atoms with Crippen molar-refractivity contribution in [3.05, 3.63) is 24.3 Å².